The molecule has 3 aromatic rings. The van der Waals surface area contributed by atoms with Gasteiger partial charge in [-0.05, 0) is 24.3 Å². The van der Waals surface area contributed by atoms with Crippen LogP contribution in [0.3, 0.4) is 0 Å². The van der Waals surface area contributed by atoms with Gasteiger partial charge in [-0.1, -0.05) is 16.4 Å². The maximum Gasteiger partial charge on any atom is 0.414 e. The maximum absolute atomic E-state index is 15.1. The number of hydrogen-bond donors (Lipinski definition) is 1. The lowest BCUT2D eigenvalue weighted by Crippen LogP contribution is -2.26. The number of carbonyl (C=O) groups excluding carboxylic acids is 2. The molecule has 2 aromatic heterocycles. The van der Waals surface area contributed by atoms with Crippen molar-refractivity contribution in [3.8, 4) is 11.1 Å². The fourth-order valence-corrected chi connectivity index (χ4v) is 4.18. The Hall–Kier alpha value is -4.39. The Balaban J connectivity index is 1.16. The highest BCUT2D eigenvalue weighted by molar-refractivity contribution is 5.99. The van der Waals surface area contributed by atoms with Crippen LogP contribution in [0.5, 0.6) is 0 Å². The monoisotopic (exact) mass is 523 g/mol. The molecule has 13 heteroatoms. The van der Waals surface area contributed by atoms with Crippen LogP contribution in [0.25, 0.3) is 11.1 Å². The summed E-state index contributed by atoms with van der Waals surface area (Å²) in [5, 5.41) is 14.4. The Bertz CT molecular complexity index is 1320. The van der Waals surface area contributed by atoms with Gasteiger partial charge >= 0.3 is 6.09 Å². The molecular formula is C25H26FN7O5. The lowest BCUT2D eigenvalue weighted by Gasteiger charge is -2.14. The Morgan fingerprint density at radius 3 is 2.89 bits per heavy atom. The molecule has 2 aliphatic heterocycles. The average Bonchev–Trinajstić information content (AvgIpc) is 3.66. The predicted octanol–water partition coefficient (Wildman–Crippen LogP) is 2.15. The number of carbonyl (C=O) groups is 2. The van der Waals surface area contributed by atoms with Gasteiger partial charge in [0.25, 0.3) is 0 Å². The number of oxime groups is 1. The van der Waals surface area contributed by atoms with Crippen LogP contribution in [0.15, 0.2) is 54.1 Å². The predicted molar refractivity (Wildman–Crippen MR) is 133 cm³/mol. The third kappa shape index (κ3) is 5.94. The summed E-state index contributed by atoms with van der Waals surface area (Å²) in [7, 11) is 0. The molecule has 2 aliphatic rings. The van der Waals surface area contributed by atoms with Crippen LogP contribution in [0.2, 0.25) is 0 Å². The molecule has 4 heterocycles. The van der Waals surface area contributed by atoms with Gasteiger partial charge in [0.2, 0.25) is 5.91 Å². The number of benzene rings is 1. The Morgan fingerprint density at radius 2 is 2.16 bits per heavy atom. The van der Waals surface area contributed by atoms with Gasteiger partial charge in [-0.25, -0.2) is 13.9 Å². The minimum absolute atomic E-state index is 0.105. The van der Waals surface area contributed by atoms with Crippen molar-refractivity contribution in [2.45, 2.75) is 32.1 Å². The zero-order valence-electron chi connectivity index (χ0n) is 20.6. The quantitative estimate of drug-likeness (QED) is 0.400. The number of rotatable bonds is 10. The second-order valence-electron chi connectivity index (χ2n) is 8.87. The highest BCUT2D eigenvalue weighted by atomic mass is 19.1. The number of anilines is 1. The maximum atomic E-state index is 15.1. The summed E-state index contributed by atoms with van der Waals surface area (Å²) in [4.78, 5) is 34.5. The Labute approximate surface area is 217 Å². The third-order valence-corrected chi connectivity index (χ3v) is 6.03. The first-order chi connectivity index (χ1) is 18.5. The van der Waals surface area contributed by atoms with E-state index in [9.17, 15) is 9.59 Å². The van der Waals surface area contributed by atoms with E-state index in [1.165, 1.54) is 17.9 Å². The molecule has 198 valence electrons. The molecule has 0 radical (unpaired) electrons. The fraction of sp³-hybridized carbons (Fsp3) is 0.360. The van der Waals surface area contributed by atoms with Crippen molar-refractivity contribution >= 4 is 23.4 Å². The van der Waals surface area contributed by atoms with E-state index >= 15 is 4.39 Å². The first kappa shape index (κ1) is 25.3. The molecule has 0 aliphatic carbocycles. The lowest BCUT2D eigenvalue weighted by atomic mass is 10.0. The van der Waals surface area contributed by atoms with Gasteiger partial charge in [-0.3, -0.25) is 14.7 Å². The molecule has 1 saturated heterocycles. The SMILES string of the molecule is CC(=O)NCCOC[C@@H]1CC(c2ccc(-c3ccc(N4C[C@H](Cn5ccnn5)OC4=O)cc3F)cn2)=NO1. The number of amides is 2. The number of pyridine rings is 1. The van der Waals surface area contributed by atoms with Crippen LogP contribution in [-0.2, 0) is 25.7 Å². The van der Waals surface area contributed by atoms with Crippen molar-refractivity contribution in [3.63, 3.8) is 0 Å². The van der Waals surface area contributed by atoms with Crippen molar-refractivity contribution in [2.24, 2.45) is 5.16 Å². The van der Waals surface area contributed by atoms with Crippen LogP contribution < -0.4 is 10.2 Å². The molecule has 12 nitrogen and oxygen atoms in total. The van der Waals surface area contributed by atoms with Crippen molar-refractivity contribution in [1.29, 1.82) is 0 Å². The van der Waals surface area contributed by atoms with Crippen molar-refractivity contribution in [1.82, 2.24) is 25.3 Å². The van der Waals surface area contributed by atoms with Gasteiger partial charge in [0.05, 0.1) is 43.9 Å². The molecule has 38 heavy (non-hydrogen) atoms. The van der Waals surface area contributed by atoms with E-state index in [-0.39, 0.29) is 18.6 Å². The second-order valence-corrected chi connectivity index (χ2v) is 8.87. The van der Waals surface area contributed by atoms with Gasteiger partial charge < -0.3 is 19.6 Å². The fourth-order valence-electron chi connectivity index (χ4n) is 4.18. The molecule has 0 bridgehead atoms. The standard InChI is InChI=1S/C25H26FN7O5/c1-16(34)27-7-9-36-15-19-11-24(30-38-19)23-5-2-17(12-28-23)21-4-3-18(10-22(21)26)33-14-20(37-25(33)35)13-32-8-6-29-31-32/h2-6,8,10,12,19-20H,7,9,11,13-15H2,1H3,(H,27,34)/t19-,20-/m0/s1. The van der Waals surface area contributed by atoms with Crippen molar-refractivity contribution in [2.75, 3.05) is 31.2 Å². The molecule has 5 rings (SSSR count). The van der Waals surface area contributed by atoms with E-state index in [4.69, 9.17) is 14.3 Å². The largest absolute Gasteiger partial charge is 0.442 e. The van der Waals surface area contributed by atoms with E-state index in [0.29, 0.717) is 60.9 Å². The summed E-state index contributed by atoms with van der Waals surface area (Å²) < 4.78 is 27.6. The minimum atomic E-state index is -0.538. The molecule has 0 spiro atoms. The number of nitrogens with one attached hydrogen (secondary N) is 1. The first-order valence-corrected chi connectivity index (χ1v) is 12.1. The summed E-state index contributed by atoms with van der Waals surface area (Å²) in [6, 6.07) is 8.13. The summed E-state index contributed by atoms with van der Waals surface area (Å²) in [5.74, 6) is -0.589. The van der Waals surface area contributed by atoms with Gasteiger partial charge in [0.1, 0.15) is 17.6 Å². The van der Waals surface area contributed by atoms with Gasteiger partial charge in [0, 0.05) is 43.4 Å². The molecule has 0 unspecified atom stereocenters. The first-order valence-electron chi connectivity index (χ1n) is 12.1. The minimum Gasteiger partial charge on any atom is -0.442 e. The smallest absolute Gasteiger partial charge is 0.414 e. The number of nitrogens with zero attached hydrogens (tertiary/aromatic N) is 6. The van der Waals surface area contributed by atoms with Gasteiger partial charge in [-0.15, -0.1) is 5.10 Å². The number of aromatic nitrogens is 4. The van der Waals surface area contributed by atoms with Crippen LogP contribution in [-0.4, -0.2) is 76.2 Å². The van der Waals surface area contributed by atoms with E-state index in [1.54, 1.807) is 47.5 Å². The molecule has 1 fully saturated rings. The van der Waals surface area contributed by atoms with Crippen LogP contribution >= 0.6 is 0 Å². The summed E-state index contributed by atoms with van der Waals surface area (Å²) >= 11 is 0. The van der Waals surface area contributed by atoms with Crippen LogP contribution in [0.4, 0.5) is 14.9 Å². The number of cyclic esters (lactones) is 1. The van der Waals surface area contributed by atoms with Gasteiger partial charge in [-0.2, -0.15) is 0 Å². The number of ether oxygens (including phenoxy) is 2. The zero-order valence-corrected chi connectivity index (χ0v) is 20.6. The normalized spacial score (nSPS) is 18.7. The second kappa shape index (κ2) is 11.3. The van der Waals surface area contributed by atoms with E-state index < -0.39 is 18.0 Å². The molecule has 1 aromatic carbocycles. The topological polar surface area (TPSA) is 133 Å². The van der Waals surface area contributed by atoms with Crippen molar-refractivity contribution < 1.29 is 28.3 Å². The van der Waals surface area contributed by atoms with E-state index in [0.717, 1.165) is 0 Å². The van der Waals surface area contributed by atoms with Crippen LogP contribution in [0.1, 0.15) is 19.0 Å². The average molecular weight is 524 g/mol. The highest BCUT2D eigenvalue weighted by Gasteiger charge is 2.33. The van der Waals surface area contributed by atoms with Gasteiger partial charge in [0.15, 0.2) is 6.10 Å². The third-order valence-electron chi connectivity index (χ3n) is 6.03. The van der Waals surface area contributed by atoms with Crippen LogP contribution in [0, 0.1) is 5.82 Å². The molecule has 2 amide bonds. The molecule has 1 N–H and O–H groups in total. The van der Waals surface area contributed by atoms with E-state index in [2.05, 4.69) is 25.8 Å². The number of hydrogen-bond acceptors (Lipinski definition) is 9. The lowest BCUT2D eigenvalue weighted by molar-refractivity contribution is -0.119. The number of halogens is 1. The molecule has 2 atom stereocenters. The summed E-state index contributed by atoms with van der Waals surface area (Å²) in [6.45, 7) is 3.25. The van der Waals surface area contributed by atoms with Crippen molar-refractivity contribution in [3.05, 3.63) is 60.4 Å². The highest BCUT2D eigenvalue weighted by Crippen LogP contribution is 2.29. The van der Waals surface area contributed by atoms with E-state index in [1.807, 2.05) is 0 Å². The Morgan fingerprint density at radius 1 is 1.26 bits per heavy atom. The summed E-state index contributed by atoms with van der Waals surface area (Å²) in [6.07, 6.45) is 4.14. The molecular weight excluding hydrogens is 497 g/mol. The molecule has 0 saturated carbocycles. The summed E-state index contributed by atoms with van der Waals surface area (Å²) in [5.41, 5.74) is 2.66. The Kier molecular flexibility index (Phi) is 7.54. The zero-order chi connectivity index (χ0) is 26.5.